The molecule has 0 spiro atoms. The normalized spacial score (nSPS) is 10.1. The third kappa shape index (κ3) is 2.64. The summed E-state index contributed by atoms with van der Waals surface area (Å²) in [4.78, 5) is 10.5. The minimum absolute atomic E-state index is 0.848. The molecule has 0 fully saturated rings. The van der Waals surface area contributed by atoms with E-state index in [-0.39, 0.29) is 0 Å². The van der Waals surface area contributed by atoms with E-state index in [1.807, 2.05) is 11.4 Å². The largest absolute Gasteiger partial charge is 0.298 e. The fourth-order valence-electron chi connectivity index (χ4n) is 0.819. The molecule has 0 saturated carbocycles. The number of aldehydes is 1. The number of thiophene rings is 1. The molecule has 0 saturated heterocycles. The smallest absolute Gasteiger partial charge is 0.152 e. The molecule has 66 valence electrons. The summed E-state index contributed by atoms with van der Waals surface area (Å²) >= 11 is 3.45. The van der Waals surface area contributed by atoms with Crippen molar-refractivity contribution in [3.63, 3.8) is 0 Å². The van der Waals surface area contributed by atoms with E-state index in [0.717, 1.165) is 17.6 Å². The number of unbranched alkanes of at least 4 members (excludes halogenated alkanes) is 1. The van der Waals surface area contributed by atoms with E-state index in [4.69, 9.17) is 0 Å². The van der Waals surface area contributed by atoms with E-state index in [2.05, 4.69) is 6.92 Å². The molecule has 0 aromatic carbocycles. The topological polar surface area (TPSA) is 17.1 Å². The van der Waals surface area contributed by atoms with E-state index >= 15 is 0 Å². The molecule has 1 rings (SSSR count). The van der Waals surface area contributed by atoms with Gasteiger partial charge < -0.3 is 0 Å². The van der Waals surface area contributed by atoms with Crippen molar-refractivity contribution in [2.24, 2.45) is 0 Å². The van der Waals surface area contributed by atoms with Gasteiger partial charge in [0.1, 0.15) is 0 Å². The highest BCUT2D eigenvalue weighted by Gasteiger charge is 2.02. The number of carbonyl (C=O) groups is 1. The predicted molar refractivity (Wildman–Crippen MR) is 55.3 cm³/mol. The number of rotatable bonds is 5. The fraction of sp³-hybridized carbons (Fsp3) is 0.444. The average molecular weight is 200 g/mol. The van der Waals surface area contributed by atoms with Crippen molar-refractivity contribution in [2.45, 2.75) is 24.0 Å². The van der Waals surface area contributed by atoms with Crippen LogP contribution in [-0.2, 0) is 0 Å². The van der Waals surface area contributed by atoms with Gasteiger partial charge in [-0.3, -0.25) is 4.79 Å². The summed E-state index contributed by atoms with van der Waals surface area (Å²) in [7, 11) is 0. The van der Waals surface area contributed by atoms with Gasteiger partial charge in [-0.05, 0) is 23.6 Å². The van der Waals surface area contributed by atoms with E-state index in [0.29, 0.717) is 0 Å². The number of thioether (sulfide) groups is 1. The summed E-state index contributed by atoms with van der Waals surface area (Å²) in [6.45, 7) is 2.18. The van der Waals surface area contributed by atoms with E-state index in [9.17, 15) is 4.79 Å². The molecule has 1 heterocycles. The summed E-state index contributed by atoms with van der Waals surface area (Å²) in [5.74, 6) is 1.12. The van der Waals surface area contributed by atoms with Gasteiger partial charge in [0.2, 0.25) is 0 Å². The number of hydrogen-bond acceptors (Lipinski definition) is 3. The first-order valence-corrected chi connectivity index (χ1v) is 5.90. The Kier molecular flexibility index (Phi) is 4.40. The minimum Gasteiger partial charge on any atom is -0.298 e. The van der Waals surface area contributed by atoms with Crippen molar-refractivity contribution in [1.29, 1.82) is 0 Å². The van der Waals surface area contributed by atoms with Gasteiger partial charge in [-0.1, -0.05) is 13.3 Å². The molecule has 0 amide bonds. The van der Waals surface area contributed by atoms with Crippen molar-refractivity contribution in [1.82, 2.24) is 0 Å². The third-order valence-electron chi connectivity index (χ3n) is 1.52. The lowest BCUT2D eigenvalue weighted by Gasteiger charge is -1.96. The number of carbonyl (C=O) groups excluding carboxylic acids is 1. The first-order chi connectivity index (χ1) is 5.88. The summed E-state index contributed by atoms with van der Waals surface area (Å²) in [6, 6.07) is 1.88. The van der Waals surface area contributed by atoms with Gasteiger partial charge in [-0.2, -0.15) is 0 Å². The summed E-state index contributed by atoms with van der Waals surface area (Å²) in [6.07, 6.45) is 3.38. The Bertz CT molecular complexity index is 242. The fourth-order valence-corrected chi connectivity index (χ4v) is 3.00. The van der Waals surface area contributed by atoms with Crippen LogP contribution in [0, 0.1) is 0 Å². The van der Waals surface area contributed by atoms with Crippen LogP contribution in [0.4, 0.5) is 0 Å². The molecular formula is C9H12OS2. The van der Waals surface area contributed by atoms with Crippen LogP contribution < -0.4 is 0 Å². The maximum absolute atomic E-state index is 10.5. The quantitative estimate of drug-likeness (QED) is 0.411. The zero-order valence-corrected chi connectivity index (χ0v) is 8.71. The van der Waals surface area contributed by atoms with E-state index < -0.39 is 0 Å². The molecule has 1 aromatic rings. The third-order valence-corrected chi connectivity index (χ3v) is 3.87. The molecule has 0 N–H and O–H groups in total. The average Bonchev–Trinajstić information content (AvgIpc) is 2.52. The minimum atomic E-state index is 0.848. The summed E-state index contributed by atoms with van der Waals surface area (Å²) in [5, 5.41) is 1.97. The summed E-state index contributed by atoms with van der Waals surface area (Å²) < 4.78 is 1.17. The van der Waals surface area contributed by atoms with Gasteiger partial charge in [0, 0.05) is 5.56 Å². The second-order valence-corrected chi connectivity index (χ2v) is 4.76. The molecular weight excluding hydrogens is 188 g/mol. The van der Waals surface area contributed by atoms with Gasteiger partial charge in [0.25, 0.3) is 0 Å². The maximum Gasteiger partial charge on any atom is 0.152 e. The Hall–Kier alpha value is -0.280. The van der Waals surface area contributed by atoms with Gasteiger partial charge in [0.15, 0.2) is 6.29 Å². The van der Waals surface area contributed by atoms with Gasteiger partial charge in [-0.25, -0.2) is 0 Å². The Morgan fingerprint density at radius 2 is 2.50 bits per heavy atom. The SMILES string of the molecule is CCCCSc1sccc1C=O. The lowest BCUT2D eigenvalue weighted by Crippen LogP contribution is -1.79. The molecule has 0 bridgehead atoms. The molecule has 0 aliphatic rings. The molecule has 0 aliphatic carbocycles. The highest BCUT2D eigenvalue weighted by Crippen LogP contribution is 2.28. The van der Waals surface area contributed by atoms with Crippen molar-refractivity contribution in [2.75, 3.05) is 5.75 Å². The lowest BCUT2D eigenvalue weighted by molar-refractivity contribution is 0.112. The van der Waals surface area contributed by atoms with Crippen LogP contribution in [0.1, 0.15) is 30.1 Å². The molecule has 0 atom stereocenters. The standard InChI is InChI=1S/C9H12OS2/c1-2-3-5-11-9-8(7-10)4-6-12-9/h4,6-7H,2-3,5H2,1H3. The van der Waals surface area contributed by atoms with Crippen LogP contribution in [0.2, 0.25) is 0 Å². The van der Waals surface area contributed by atoms with Crippen molar-refractivity contribution >= 4 is 29.4 Å². The van der Waals surface area contributed by atoms with E-state index in [1.165, 1.54) is 17.1 Å². The molecule has 1 aromatic heterocycles. The van der Waals surface area contributed by atoms with Crippen LogP contribution in [0.5, 0.6) is 0 Å². The Morgan fingerprint density at radius 3 is 3.17 bits per heavy atom. The first kappa shape index (κ1) is 9.81. The Balaban J connectivity index is 2.45. The molecule has 0 unspecified atom stereocenters. The predicted octanol–water partition coefficient (Wildman–Crippen LogP) is 3.45. The van der Waals surface area contributed by atoms with Gasteiger partial charge in [-0.15, -0.1) is 23.1 Å². The highest BCUT2D eigenvalue weighted by atomic mass is 32.2. The monoisotopic (exact) mass is 200 g/mol. The van der Waals surface area contributed by atoms with Crippen molar-refractivity contribution in [3.8, 4) is 0 Å². The van der Waals surface area contributed by atoms with E-state index in [1.54, 1.807) is 23.1 Å². The van der Waals surface area contributed by atoms with Crippen molar-refractivity contribution < 1.29 is 4.79 Å². The summed E-state index contributed by atoms with van der Waals surface area (Å²) in [5.41, 5.74) is 0.848. The molecule has 3 heteroatoms. The van der Waals surface area contributed by atoms with Crippen LogP contribution in [0.3, 0.4) is 0 Å². The molecule has 1 nitrogen and oxygen atoms in total. The number of hydrogen-bond donors (Lipinski definition) is 0. The molecule has 12 heavy (non-hydrogen) atoms. The Morgan fingerprint density at radius 1 is 1.67 bits per heavy atom. The molecule has 0 aliphatic heterocycles. The highest BCUT2D eigenvalue weighted by molar-refractivity contribution is 8.01. The van der Waals surface area contributed by atoms with Crippen LogP contribution >= 0.6 is 23.1 Å². The lowest BCUT2D eigenvalue weighted by atomic mass is 10.4. The second-order valence-electron chi connectivity index (χ2n) is 2.48. The first-order valence-electron chi connectivity index (χ1n) is 4.04. The van der Waals surface area contributed by atoms with Crippen molar-refractivity contribution in [3.05, 3.63) is 17.0 Å². The van der Waals surface area contributed by atoms with Gasteiger partial charge >= 0.3 is 0 Å². The molecule has 0 radical (unpaired) electrons. The van der Waals surface area contributed by atoms with Crippen LogP contribution in [-0.4, -0.2) is 12.0 Å². The zero-order valence-electron chi connectivity index (χ0n) is 7.08. The second kappa shape index (κ2) is 5.38. The maximum atomic E-state index is 10.5. The zero-order chi connectivity index (χ0) is 8.81. The van der Waals surface area contributed by atoms with Crippen LogP contribution in [0.25, 0.3) is 0 Å². The Labute approximate surface area is 81.2 Å². The van der Waals surface area contributed by atoms with Crippen LogP contribution in [0.15, 0.2) is 15.7 Å². The van der Waals surface area contributed by atoms with Gasteiger partial charge in [0.05, 0.1) is 4.21 Å².